The van der Waals surface area contributed by atoms with Crippen molar-refractivity contribution in [2.75, 3.05) is 18.5 Å². The highest BCUT2D eigenvalue weighted by Crippen LogP contribution is 2.45. The summed E-state index contributed by atoms with van der Waals surface area (Å²) in [5, 5.41) is 9.36. The van der Waals surface area contributed by atoms with Crippen molar-refractivity contribution >= 4 is 11.7 Å². The van der Waals surface area contributed by atoms with Gasteiger partial charge in [-0.25, -0.2) is 0 Å². The molecule has 1 aromatic rings. The number of hydrogen-bond acceptors (Lipinski definition) is 2. The van der Waals surface area contributed by atoms with Gasteiger partial charge in [0.05, 0.1) is 5.41 Å². The highest BCUT2D eigenvalue weighted by atomic mass is 16.4. The first-order valence-corrected chi connectivity index (χ1v) is 5.89. The number of benzene rings is 1. The van der Waals surface area contributed by atoms with Crippen molar-refractivity contribution in [1.82, 2.24) is 0 Å². The number of aliphatic carboxylic acids is 1. The van der Waals surface area contributed by atoms with Crippen LogP contribution in [0.4, 0.5) is 5.69 Å². The zero-order valence-electron chi connectivity index (χ0n) is 10.8. The Kier molecular flexibility index (Phi) is 2.64. The van der Waals surface area contributed by atoms with Crippen LogP contribution in [-0.4, -0.2) is 24.7 Å². The molecule has 0 bridgehead atoms. The summed E-state index contributed by atoms with van der Waals surface area (Å²) in [4.78, 5) is 13.5. The maximum atomic E-state index is 11.4. The summed E-state index contributed by atoms with van der Waals surface area (Å²) < 4.78 is 0. The van der Waals surface area contributed by atoms with Gasteiger partial charge in [-0.15, -0.1) is 0 Å². The van der Waals surface area contributed by atoms with Gasteiger partial charge in [-0.1, -0.05) is 17.7 Å². The van der Waals surface area contributed by atoms with Crippen molar-refractivity contribution in [2.24, 2.45) is 5.41 Å². The fraction of sp³-hybridized carbons (Fsp3) is 0.500. The highest BCUT2D eigenvalue weighted by molar-refractivity contribution is 5.77. The van der Waals surface area contributed by atoms with Crippen LogP contribution in [0.1, 0.15) is 30.9 Å². The monoisotopic (exact) mass is 233 g/mol. The third kappa shape index (κ3) is 1.79. The molecule has 0 saturated heterocycles. The van der Waals surface area contributed by atoms with Crippen molar-refractivity contribution in [2.45, 2.75) is 26.7 Å². The molecule has 1 aliphatic rings. The Bertz CT molecular complexity index is 465. The minimum absolute atomic E-state index is 0.0555. The molecule has 0 fully saturated rings. The van der Waals surface area contributed by atoms with Crippen LogP contribution in [0.3, 0.4) is 0 Å². The Hall–Kier alpha value is -1.51. The second kappa shape index (κ2) is 3.76. The summed E-state index contributed by atoms with van der Waals surface area (Å²) in [6.45, 7) is 6.44. The molecular formula is C14H19NO2. The maximum Gasteiger partial charge on any atom is 0.309 e. The summed E-state index contributed by atoms with van der Waals surface area (Å²) in [6, 6.07) is 6.28. The van der Waals surface area contributed by atoms with Crippen LogP contribution in [0.2, 0.25) is 0 Å². The van der Waals surface area contributed by atoms with E-state index in [2.05, 4.69) is 23.1 Å². The quantitative estimate of drug-likeness (QED) is 0.853. The Morgan fingerprint density at radius 1 is 1.47 bits per heavy atom. The smallest absolute Gasteiger partial charge is 0.309 e. The van der Waals surface area contributed by atoms with Crippen molar-refractivity contribution in [1.29, 1.82) is 0 Å². The van der Waals surface area contributed by atoms with Gasteiger partial charge in [-0.2, -0.15) is 0 Å². The fourth-order valence-corrected chi connectivity index (χ4v) is 2.54. The number of anilines is 1. The van der Waals surface area contributed by atoms with E-state index in [4.69, 9.17) is 0 Å². The number of carbonyl (C=O) groups is 1. The predicted molar refractivity (Wildman–Crippen MR) is 68.6 cm³/mol. The Labute approximate surface area is 102 Å². The van der Waals surface area contributed by atoms with Crippen molar-refractivity contribution in [3.05, 3.63) is 29.3 Å². The van der Waals surface area contributed by atoms with E-state index in [1.165, 1.54) is 11.1 Å². The van der Waals surface area contributed by atoms with Gasteiger partial charge in [0, 0.05) is 25.2 Å². The third-order valence-electron chi connectivity index (χ3n) is 3.85. The molecule has 1 atom stereocenters. The third-order valence-corrected chi connectivity index (χ3v) is 3.85. The van der Waals surface area contributed by atoms with Crippen LogP contribution in [0.15, 0.2) is 18.2 Å². The van der Waals surface area contributed by atoms with E-state index in [0.29, 0.717) is 0 Å². The van der Waals surface area contributed by atoms with Gasteiger partial charge in [0.1, 0.15) is 0 Å². The van der Waals surface area contributed by atoms with E-state index in [-0.39, 0.29) is 5.92 Å². The minimum atomic E-state index is -0.731. The van der Waals surface area contributed by atoms with Crippen molar-refractivity contribution in [3.8, 4) is 0 Å². The molecule has 1 aromatic carbocycles. The fourth-order valence-electron chi connectivity index (χ4n) is 2.54. The van der Waals surface area contributed by atoms with E-state index in [1.54, 1.807) is 0 Å². The topological polar surface area (TPSA) is 40.5 Å². The summed E-state index contributed by atoms with van der Waals surface area (Å²) in [7, 11) is 2.02. The highest BCUT2D eigenvalue weighted by Gasteiger charge is 2.42. The molecule has 3 nitrogen and oxygen atoms in total. The summed E-state index contributed by atoms with van der Waals surface area (Å²) in [6.07, 6.45) is 0. The van der Waals surface area contributed by atoms with Crippen LogP contribution in [0.5, 0.6) is 0 Å². The molecule has 1 unspecified atom stereocenters. The van der Waals surface area contributed by atoms with Crippen LogP contribution in [0, 0.1) is 12.3 Å². The van der Waals surface area contributed by atoms with Crippen molar-refractivity contribution in [3.63, 3.8) is 0 Å². The molecule has 3 heteroatoms. The van der Waals surface area contributed by atoms with Crippen LogP contribution >= 0.6 is 0 Å². The van der Waals surface area contributed by atoms with Crippen molar-refractivity contribution < 1.29 is 9.90 Å². The van der Waals surface area contributed by atoms with Gasteiger partial charge in [-0.05, 0) is 32.4 Å². The van der Waals surface area contributed by atoms with Gasteiger partial charge < -0.3 is 10.0 Å². The average Bonchev–Trinajstić information content (AvgIpc) is 2.56. The van der Waals surface area contributed by atoms with E-state index in [1.807, 2.05) is 27.8 Å². The molecule has 1 aliphatic heterocycles. The maximum absolute atomic E-state index is 11.4. The second-order valence-electron chi connectivity index (χ2n) is 5.52. The molecule has 0 radical (unpaired) electrons. The van der Waals surface area contributed by atoms with Gasteiger partial charge >= 0.3 is 5.97 Å². The molecule has 1 heterocycles. The first-order valence-electron chi connectivity index (χ1n) is 5.89. The number of hydrogen-bond donors (Lipinski definition) is 1. The lowest BCUT2D eigenvalue weighted by atomic mass is 9.76. The van der Waals surface area contributed by atoms with Gasteiger partial charge in [-0.3, -0.25) is 4.79 Å². The second-order valence-corrected chi connectivity index (χ2v) is 5.52. The SMILES string of the molecule is Cc1ccc2c(c1)C(C(C)(C)C(=O)O)CN2C. The van der Waals surface area contributed by atoms with Crippen LogP contribution < -0.4 is 4.90 Å². The lowest BCUT2D eigenvalue weighted by Crippen LogP contribution is -2.33. The van der Waals surface area contributed by atoms with E-state index < -0.39 is 11.4 Å². The number of carboxylic acids is 1. The molecule has 0 spiro atoms. The number of rotatable bonds is 2. The van der Waals surface area contributed by atoms with E-state index >= 15 is 0 Å². The zero-order chi connectivity index (χ0) is 12.8. The first-order chi connectivity index (χ1) is 7.84. The number of carboxylic acid groups (broad SMARTS) is 1. The average molecular weight is 233 g/mol. The molecule has 1 N–H and O–H groups in total. The van der Waals surface area contributed by atoms with Gasteiger partial charge in [0.15, 0.2) is 0 Å². The number of nitrogens with zero attached hydrogens (tertiary/aromatic N) is 1. The summed E-state index contributed by atoms with van der Waals surface area (Å²) in [5.74, 6) is -0.676. The standard InChI is InChI=1S/C14H19NO2/c1-9-5-6-12-10(7-9)11(8-15(12)4)14(2,3)13(16)17/h5-7,11H,8H2,1-4H3,(H,16,17). The van der Waals surface area contributed by atoms with Crippen LogP contribution in [0.25, 0.3) is 0 Å². The Morgan fingerprint density at radius 3 is 2.71 bits per heavy atom. The molecule has 2 rings (SSSR count). The zero-order valence-corrected chi connectivity index (χ0v) is 10.8. The normalized spacial score (nSPS) is 19.3. The molecular weight excluding hydrogens is 214 g/mol. The summed E-state index contributed by atoms with van der Waals surface area (Å²) >= 11 is 0. The lowest BCUT2D eigenvalue weighted by Gasteiger charge is -2.27. The number of likely N-dealkylation sites (N-methyl/N-ethyl adjacent to an activating group) is 1. The molecule has 0 aliphatic carbocycles. The molecule has 17 heavy (non-hydrogen) atoms. The summed E-state index contributed by atoms with van der Waals surface area (Å²) in [5.41, 5.74) is 2.79. The van der Waals surface area contributed by atoms with Gasteiger partial charge in [0.25, 0.3) is 0 Å². The van der Waals surface area contributed by atoms with Gasteiger partial charge in [0.2, 0.25) is 0 Å². The minimum Gasteiger partial charge on any atom is -0.481 e. The molecule has 0 aromatic heterocycles. The predicted octanol–water partition coefficient (Wildman–Crippen LogP) is 2.64. The Morgan fingerprint density at radius 2 is 2.12 bits per heavy atom. The number of fused-ring (bicyclic) bond motifs is 1. The first kappa shape index (κ1) is 12.0. The number of aryl methyl sites for hydroxylation is 1. The van der Waals surface area contributed by atoms with E-state index in [0.717, 1.165) is 12.2 Å². The largest absolute Gasteiger partial charge is 0.481 e. The van der Waals surface area contributed by atoms with E-state index in [9.17, 15) is 9.90 Å². The molecule has 0 saturated carbocycles. The molecule has 92 valence electrons. The Balaban J connectivity index is 2.49. The lowest BCUT2D eigenvalue weighted by molar-refractivity contribution is -0.148. The molecule has 0 amide bonds. The van der Waals surface area contributed by atoms with Crippen LogP contribution in [-0.2, 0) is 4.79 Å².